The molecule has 0 rings (SSSR count). The minimum atomic E-state index is -0.829. The predicted octanol–water partition coefficient (Wildman–Crippen LogP) is 1.37. The molecule has 0 spiro atoms. The molecule has 0 unspecified atom stereocenters. The lowest BCUT2D eigenvalue weighted by atomic mass is 10.2. The molecule has 7 heteroatoms. The summed E-state index contributed by atoms with van der Waals surface area (Å²) >= 11 is 1.25. The minimum Gasteiger partial charge on any atom is -0.467 e. The fourth-order valence-electron chi connectivity index (χ4n) is 1.08. The number of methoxy groups -OCH3 is 1. The van der Waals surface area contributed by atoms with E-state index in [0.29, 0.717) is 0 Å². The first-order chi connectivity index (χ1) is 8.65. The molecule has 0 fully saturated rings. The maximum absolute atomic E-state index is 11.6. The Morgan fingerprint density at radius 3 is 2.26 bits per heavy atom. The van der Waals surface area contributed by atoms with Crippen molar-refractivity contribution in [2.75, 3.05) is 18.6 Å². The number of rotatable bonds is 6. The predicted molar refractivity (Wildman–Crippen MR) is 73.2 cm³/mol. The van der Waals surface area contributed by atoms with Crippen LogP contribution in [0.3, 0.4) is 0 Å². The van der Waals surface area contributed by atoms with E-state index in [-0.39, 0.29) is 17.3 Å². The van der Waals surface area contributed by atoms with Crippen molar-refractivity contribution in [1.82, 2.24) is 5.32 Å². The Kier molecular flexibility index (Phi) is 7.51. The van der Waals surface area contributed by atoms with Crippen molar-refractivity contribution >= 4 is 29.6 Å². The number of carbonyl (C=O) groups excluding carboxylic acids is 3. The number of carbonyl (C=O) groups is 3. The zero-order valence-electron chi connectivity index (χ0n) is 11.9. The second kappa shape index (κ2) is 8.04. The van der Waals surface area contributed by atoms with Gasteiger partial charge in [-0.1, -0.05) is 0 Å². The molecule has 0 aliphatic rings. The van der Waals surface area contributed by atoms with Crippen molar-refractivity contribution < 1.29 is 23.9 Å². The second-order valence-electron chi connectivity index (χ2n) is 4.94. The van der Waals surface area contributed by atoms with Gasteiger partial charge in [0.25, 0.3) is 0 Å². The van der Waals surface area contributed by atoms with Gasteiger partial charge in [0.15, 0.2) is 0 Å². The molecule has 0 aliphatic heterocycles. The molecular formula is C12H21NO5S. The van der Waals surface area contributed by atoms with E-state index in [1.165, 1.54) is 25.8 Å². The summed E-state index contributed by atoms with van der Waals surface area (Å²) in [5.74, 6) is -0.0255. The SMILES string of the molecule is COC(=O)[C@H](CSCC(C)=O)NC(=O)OC(C)(C)C. The Morgan fingerprint density at radius 1 is 1.26 bits per heavy atom. The van der Waals surface area contributed by atoms with Crippen LogP contribution < -0.4 is 5.32 Å². The number of ether oxygens (including phenoxy) is 2. The average Bonchev–Trinajstić information content (AvgIpc) is 2.23. The first kappa shape index (κ1) is 17.8. The quantitative estimate of drug-likeness (QED) is 0.744. The number of amides is 1. The van der Waals surface area contributed by atoms with Gasteiger partial charge in [-0.25, -0.2) is 9.59 Å². The van der Waals surface area contributed by atoms with Gasteiger partial charge in [0.2, 0.25) is 0 Å². The molecule has 0 bridgehead atoms. The monoisotopic (exact) mass is 291 g/mol. The number of Topliss-reactive ketones (excluding diaryl/α,β-unsaturated/α-hetero) is 1. The summed E-state index contributed by atoms with van der Waals surface area (Å²) in [7, 11) is 1.24. The van der Waals surface area contributed by atoms with Gasteiger partial charge in [0, 0.05) is 5.75 Å². The van der Waals surface area contributed by atoms with Gasteiger partial charge < -0.3 is 14.8 Å². The van der Waals surface area contributed by atoms with Crippen molar-refractivity contribution in [2.24, 2.45) is 0 Å². The van der Waals surface area contributed by atoms with Crippen LogP contribution in [-0.4, -0.2) is 48.1 Å². The Labute approximate surface area is 117 Å². The molecule has 110 valence electrons. The molecular weight excluding hydrogens is 270 g/mol. The van der Waals surface area contributed by atoms with Gasteiger partial charge in [-0.2, -0.15) is 11.8 Å². The van der Waals surface area contributed by atoms with Crippen LogP contribution in [0.15, 0.2) is 0 Å². The molecule has 1 atom stereocenters. The Morgan fingerprint density at radius 2 is 1.84 bits per heavy atom. The lowest BCUT2D eigenvalue weighted by molar-refractivity contribution is -0.142. The van der Waals surface area contributed by atoms with Gasteiger partial charge in [-0.15, -0.1) is 0 Å². The summed E-state index contributed by atoms with van der Waals surface area (Å²) in [6, 6.07) is -0.829. The van der Waals surface area contributed by atoms with E-state index < -0.39 is 23.7 Å². The molecule has 0 aromatic rings. The maximum Gasteiger partial charge on any atom is 0.408 e. The lowest BCUT2D eigenvalue weighted by Gasteiger charge is -2.22. The second-order valence-corrected chi connectivity index (χ2v) is 5.97. The largest absolute Gasteiger partial charge is 0.467 e. The Hall–Kier alpha value is -1.24. The van der Waals surface area contributed by atoms with Crippen LogP contribution in [0.5, 0.6) is 0 Å². The number of hydrogen-bond donors (Lipinski definition) is 1. The highest BCUT2D eigenvalue weighted by molar-refractivity contribution is 8.00. The zero-order chi connectivity index (χ0) is 15.1. The van der Waals surface area contributed by atoms with Gasteiger partial charge in [-0.3, -0.25) is 4.79 Å². The topological polar surface area (TPSA) is 81.7 Å². The summed E-state index contributed by atoms with van der Waals surface area (Å²) in [5, 5.41) is 2.43. The standard InChI is InChI=1S/C12H21NO5S/c1-8(14)6-19-7-9(10(15)17-5)13-11(16)18-12(2,3)4/h9H,6-7H2,1-5H3,(H,13,16)/t9-/m0/s1. The fraction of sp³-hybridized carbons (Fsp3) is 0.750. The molecule has 0 heterocycles. The van der Waals surface area contributed by atoms with Crippen LogP contribution in [0.25, 0.3) is 0 Å². The van der Waals surface area contributed by atoms with Crippen LogP contribution in [0.4, 0.5) is 4.79 Å². The molecule has 0 aromatic carbocycles. The number of hydrogen-bond acceptors (Lipinski definition) is 6. The Balaban J connectivity index is 4.39. The normalized spacial score (nSPS) is 12.5. The van der Waals surface area contributed by atoms with E-state index in [1.807, 2.05) is 0 Å². The summed E-state index contributed by atoms with van der Waals surface area (Å²) in [4.78, 5) is 33.9. The summed E-state index contributed by atoms with van der Waals surface area (Å²) in [6.45, 7) is 6.64. The van der Waals surface area contributed by atoms with Crippen molar-refractivity contribution in [3.8, 4) is 0 Å². The number of nitrogens with one attached hydrogen (secondary N) is 1. The summed E-state index contributed by atoms with van der Waals surface area (Å²) in [5.41, 5.74) is -0.642. The van der Waals surface area contributed by atoms with E-state index in [4.69, 9.17) is 4.74 Å². The molecule has 0 aliphatic carbocycles. The fourth-order valence-corrected chi connectivity index (χ4v) is 1.94. The highest BCUT2D eigenvalue weighted by Gasteiger charge is 2.24. The van der Waals surface area contributed by atoms with Crippen molar-refractivity contribution in [1.29, 1.82) is 0 Å². The number of thioether (sulfide) groups is 1. The van der Waals surface area contributed by atoms with E-state index in [1.54, 1.807) is 20.8 Å². The number of ketones is 1. The molecule has 0 saturated heterocycles. The maximum atomic E-state index is 11.6. The van der Waals surface area contributed by atoms with Crippen LogP contribution >= 0.6 is 11.8 Å². The van der Waals surface area contributed by atoms with Crippen molar-refractivity contribution in [3.05, 3.63) is 0 Å². The highest BCUT2D eigenvalue weighted by atomic mass is 32.2. The molecule has 0 radical (unpaired) electrons. The number of esters is 1. The van der Waals surface area contributed by atoms with Gasteiger partial charge >= 0.3 is 12.1 Å². The summed E-state index contributed by atoms with van der Waals surface area (Å²) < 4.78 is 9.65. The molecule has 1 N–H and O–H groups in total. The zero-order valence-corrected chi connectivity index (χ0v) is 12.8. The Bertz CT molecular complexity index is 338. The lowest BCUT2D eigenvalue weighted by Crippen LogP contribution is -2.45. The highest BCUT2D eigenvalue weighted by Crippen LogP contribution is 2.09. The van der Waals surface area contributed by atoms with Gasteiger partial charge in [0.1, 0.15) is 17.4 Å². The van der Waals surface area contributed by atoms with Crippen molar-refractivity contribution in [3.63, 3.8) is 0 Å². The van der Waals surface area contributed by atoms with Crippen LogP contribution in [-0.2, 0) is 19.1 Å². The molecule has 19 heavy (non-hydrogen) atoms. The third-order valence-electron chi connectivity index (χ3n) is 1.77. The van der Waals surface area contributed by atoms with E-state index in [0.717, 1.165) is 0 Å². The first-order valence-electron chi connectivity index (χ1n) is 5.80. The average molecular weight is 291 g/mol. The molecule has 6 nitrogen and oxygen atoms in total. The molecule has 0 aromatic heterocycles. The molecule has 0 saturated carbocycles. The van der Waals surface area contributed by atoms with E-state index in [2.05, 4.69) is 10.1 Å². The third-order valence-corrected chi connectivity index (χ3v) is 2.95. The van der Waals surface area contributed by atoms with Crippen LogP contribution in [0.1, 0.15) is 27.7 Å². The van der Waals surface area contributed by atoms with Crippen LogP contribution in [0.2, 0.25) is 0 Å². The minimum absolute atomic E-state index is 0.00545. The van der Waals surface area contributed by atoms with Gasteiger partial charge in [0.05, 0.1) is 12.9 Å². The van der Waals surface area contributed by atoms with Crippen molar-refractivity contribution in [2.45, 2.75) is 39.3 Å². The van der Waals surface area contributed by atoms with E-state index in [9.17, 15) is 14.4 Å². The van der Waals surface area contributed by atoms with Gasteiger partial charge in [-0.05, 0) is 27.7 Å². The smallest absolute Gasteiger partial charge is 0.408 e. The first-order valence-corrected chi connectivity index (χ1v) is 6.95. The molecule has 1 amide bonds. The summed E-state index contributed by atoms with van der Waals surface area (Å²) in [6.07, 6.45) is -0.689. The number of alkyl carbamates (subject to hydrolysis) is 1. The van der Waals surface area contributed by atoms with Crippen LogP contribution in [0, 0.1) is 0 Å². The third kappa shape index (κ3) is 9.35. The van der Waals surface area contributed by atoms with E-state index >= 15 is 0 Å².